The summed E-state index contributed by atoms with van der Waals surface area (Å²) in [6, 6.07) is 10.9. The highest BCUT2D eigenvalue weighted by atomic mass is 35.5. The van der Waals surface area contributed by atoms with E-state index in [0.29, 0.717) is 15.8 Å². The Bertz CT molecular complexity index is 952. The molecule has 2 aromatic carbocycles. The number of benzene rings is 2. The lowest BCUT2D eigenvalue weighted by Gasteiger charge is -2.31. The number of carbonyl (C=O) groups is 2. The van der Waals surface area contributed by atoms with Crippen LogP contribution in [0.5, 0.6) is 0 Å². The highest BCUT2D eigenvalue weighted by Crippen LogP contribution is 2.24. The molecule has 1 aliphatic carbocycles. The van der Waals surface area contributed by atoms with Crippen LogP contribution in [0.1, 0.15) is 50.2 Å². The first kappa shape index (κ1) is 25.9. The van der Waals surface area contributed by atoms with Gasteiger partial charge in [0.2, 0.25) is 11.8 Å². The topological polar surface area (TPSA) is 49.4 Å². The van der Waals surface area contributed by atoms with Crippen molar-refractivity contribution in [2.75, 3.05) is 5.75 Å². The molecule has 0 bridgehead atoms. The lowest BCUT2D eigenvalue weighted by molar-refractivity contribution is -0.139. The molecule has 1 atom stereocenters. The van der Waals surface area contributed by atoms with E-state index >= 15 is 0 Å². The van der Waals surface area contributed by atoms with Gasteiger partial charge in [0.15, 0.2) is 0 Å². The SMILES string of the molecule is C[C@H](C(=O)NC1CCCCC1)N(Cc1ccc(Cl)cc1Cl)C(=O)CSCc1ccc(F)cc1. The highest BCUT2D eigenvalue weighted by molar-refractivity contribution is 7.99. The van der Waals surface area contributed by atoms with Crippen molar-refractivity contribution in [2.24, 2.45) is 0 Å². The van der Waals surface area contributed by atoms with Gasteiger partial charge in [-0.05, 0) is 55.2 Å². The summed E-state index contributed by atoms with van der Waals surface area (Å²) in [7, 11) is 0. The second-order valence-corrected chi connectivity index (χ2v) is 10.2. The predicted octanol–water partition coefficient (Wildman–Crippen LogP) is 6.23. The summed E-state index contributed by atoms with van der Waals surface area (Å²) >= 11 is 13.8. The Hall–Kier alpha value is -1.76. The Labute approximate surface area is 209 Å². The van der Waals surface area contributed by atoms with E-state index in [-0.39, 0.29) is 36.0 Å². The molecule has 0 spiro atoms. The summed E-state index contributed by atoms with van der Waals surface area (Å²) in [4.78, 5) is 27.8. The molecule has 1 aliphatic rings. The average molecular weight is 511 g/mol. The van der Waals surface area contributed by atoms with Crippen LogP contribution in [0, 0.1) is 5.82 Å². The van der Waals surface area contributed by atoms with Crippen LogP contribution in [0.15, 0.2) is 42.5 Å². The van der Waals surface area contributed by atoms with E-state index in [1.807, 2.05) is 0 Å². The molecule has 0 radical (unpaired) electrons. The number of nitrogens with one attached hydrogen (secondary N) is 1. The standard InChI is InChI=1S/C25H29Cl2FN2O2S/c1-17(25(32)29-22-5-3-2-4-6-22)30(14-19-9-10-20(26)13-23(19)27)24(31)16-33-15-18-7-11-21(28)12-8-18/h7-13,17,22H,2-6,14-16H2,1H3,(H,29,32)/t17-/m1/s1. The zero-order chi connectivity index (χ0) is 23.8. The second-order valence-electron chi connectivity index (χ2n) is 8.40. The maximum absolute atomic E-state index is 13.2. The summed E-state index contributed by atoms with van der Waals surface area (Å²) in [6.45, 7) is 1.97. The van der Waals surface area contributed by atoms with Crippen LogP contribution >= 0.6 is 35.0 Å². The van der Waals surface area contributed by atoms with Crippen molar-refractivity contribution in [1.29, 1.82) is 0 Å². The normalized spacial score (nSPS) is 15.2. The number of hydrogen-bond acceptors (Lipinski definition) is 3. The minimum Gasteiger partial charge on any atom is -0.352 e. The first-order valence-electron chi connectivity index (χ1n) is 11.2. The number of hydrogen-bond donors (Lipinski definition) is 1. The predicted molar refractivity (Wildman–Crippen MR) is 134 cm³/mol. The third-order valence-corrected chi connectivity index (χ3v) is 7.46. The van der Waals surface area contributed by atoms with Gasteiger partial charge in [-0.2, -0.15) is 0 Å². The van der Waals surface area contributed by atoms with Gasteiger partial charge in [0.25, 0.3) is 0 Å². The first-order valence-corrected chi connectivity index (χ1v) is 13.1. The lowest BCUT2D eigenvalue weighted by Crippen LogP contribution is -2.50. The Morgan fingerprint density at radius 1 is 1.12 bits per heavy atom. The highest BCUT2D eigenvalue weighted by Gasteiger charge is 2.28. The van der Waals surface area contributed by atoms with E-state index in [9.17, 15) is 14.0 Å². The number of amides is 2. The number of nitrogens with zero attached hydrogens (tertiary/aromatic N) is 1. The van der Waals surface area contributed by atoms with Crippen molar-refractivity contribution in [3.8, 4) is 0 Å². The first-order chi connectivity index (χ1) is 15.8. The largest absolute Gasteiger partial charge is 0.352 e. The molecule has 2 aromatic rings. The third-order valence-electron chi connectivity index (χ3n) is 5.88. The van der Waals surface area contributed by atoms with Gasteiger partial charge < -0.3 is 10.2 Å². The molecule has 33 heavy (non-hydrogen) atoms. The van der Waals surface area contributed by atoms with Gasteiger partial charge in [-0.25, -0.2) is 4.39 Å². The summed E-state index contributed by atoms with van der Waals surface area (Å²) in [5, 5.41) is 4.09. The molecule has 3 rings (SSSR count). The fourth-order valence-corrected chi connectivity index (χ4v) is 5.24. The van der Waals surface area contributed by atoms with Crippen molar-refractivity contribution in [3.05, 3.63) is 69.5 Å². The maximum atomic E-state index is 13.2. The van der Waals surface area contributed by atoms with Crippen LogP contribution in [-0.2, 0) is 21.9 Å². The molecule has 1 saturated carbocycles. The van der Waals surface area contributed by atoms with E-state index in [1.165, 1.54) is 30.3 Å². The van der Waals surface area contributed by atoms with Crippen LogP contribution in [0.4, 0.5) is 4.39 Å². The Morgan fingerprint density at radius 3 is 2.48 bits per heavy atom. The molecular formula is C25H29Cl2FN2O2S. The van der Waals surface area contributed by atoms with Crippen LogP contribution < -0.4 is 5.32 Å². The quantitative estimate of drug-likeness (QED) is 0.434. The Morgan fingerprint density at radius 2 is 1.82 bits per heavy atom. The molecule has 1 N–H and O–H groups in total. The fraction of sp³-hybridized carbons (Fsp3) is 0.440. The van der Waals surface area contributed by atoms with E-state index in [1.54, 1.807) is 42.2 Å². The molecule has 0 aromatic heterocycles. The number of carbonyl (C=O) groups excluding carboxylic acids is 2. The summed E-state index contributed by atoms with van der Waals surface area (Å²) in [5.74, 6) is 0.181. The number of rotatable bonds is 9. The van der Waals surface area contributed by atoms with Crippen molar-refractivity contribution in [2.45, 2.75) is 63.4 Å². The van der Waals surface area contributed by atoms with E-state index in [0.717, 1.165) is 36.8 Å². The van der Waals surface area contributed by atoms with Crippen LogP contribution in [0.3, 0.4) is 0 Å². The third kappa shape index (κ3) is 7.90. The molecular weight excluding hydrogens is 482 g/mol. The monoisotopic (exact) mass is 510 g/mol. The molecule has 0 aliphatic heterocycles. The van der Waals surface area contributed by atoms with Crippen LogP contribution in [0.25, 0.3) is 0 Å². The van der Waals surface area contributed by atoms with Gasteiger partial charge in [0.05, 0.1) is 5.75 Å². The summed E-state index contributed by atoms with van der Waals surface area (Å²) in [6.07, 6.45) is 5.38. The average Bonchev–Trinajstić information content (AvgIpc) is 2.80. The van der Waals surface area contributed by atoms with E-state index in [2.05, 4.69) is 5.32 Å². The number of halogens is 3. The molecule has 2 amide bonds. The number of thioether (sulfide) groups is 1. The molecule has 1 fully saturated rings. The molecule has 0 heterocycles. The van der Waals surface area contributed by atoms with Crippen LogP contribution in [0.2, 0.25) is 10.0 Å². The van der Waals surface area contributed by atoms with E-state index < -0.39 is 6.04 Å². The van der Waals surface area contributed by atoms with Gasteiger partial charge in [-0.1, -0.05) is 60.7 Å². The zero-order valence-corrected chi connectivity index (χ0v) is 21.0. The molecule has 0 unspecified atom stereocenters. The Balaban J connectivity index is 1.68. The maximum Gasteiger partial charge on any atom is 0.242 e. The summed E-state index contributed by atoms with van der Waals surface area (Å²) in [5.41, 5.74) is 1.67. The zero-order valence-electron chi connectivity index (χ0n) is 18.7. The van der Waals surface area contributed by atoms with Crippen molar-refractivity contribution in [1.82, 2.24) is 10.2 Å². The molecule has 0 saturated heterocycles. The lowest BCUT2D eigenvalue weighted by atomic mass is 9.95. The van der Waals surface area contributed by atoms with Crippen LogP contribution in [-0.4, -0.2) is 34.6 Å². The van der Waals surface area contributed by atoms with Gasteiger partial charge >= 0.3 is 0 Å². The van der Waals surface area contributed by atoms with Crippen molar-refractivity contribution in [3.63, 3.8) is 0 Å². The van der Waals surface area contributed by atoms with Gasteiger partial charge in [0.1, 0.15) is 11.9 Å². The molecule has 8 heteroatoms. The van der Waals surface area contributed by atoms with Gasteiger partial charge in [0, 0.05) is 28.4 Å². The van der Waals surface area contributed by atoms with Crippen molar-refractivity contribution >= 4 is 46.8 Å². The Kier molecular flexibility index (Phi) is 9.90. The minimum absolute atomic E-state index is 0.149. The van der Waals surface area contributed by atoms with Crippen molar-refractivity contribution < 1.29 is 14.0 Å². The molecule has 4 nitrogen and oxygen atoms in total. The summed E-state index contributed by atoms with van der Waals surface area (Å²) < 4.78 is 13.1. The van der Waals surface area contributed by atoms with Gasteiger partial charge in [-0.15, -0.1) is 11.8 Å². The molecule has 178 valence electrons. The minimum atomic E-state index is -0.641. The fourth-order valence-electron chi connectivity index (χ4n) is 3.90. The van der Waals surface area contributed by atoms with Gasteiger partial charge in [-0.3, -0.25) is 9.59 Å². The smallest absolute Gasteiger partial charge is 0.242 e. The van der Waals surface area contributed by atoms with E-state index in [4.69, 9.17) is 23.2 Å². The second kappa shape index (κ2) is 12.6.